The van der Waals surface area contributed by atoms with Gasteiger partial charge in [-0.3, -0.25) is 4.79 Å². The number of aromatic nitrogens is 3. The number of rotatable bonds is 0. The van der Waals surface area contributed by atoms with E-state index in [1.807, 2.05) is 0 Å². The van der Waals surface area contributed by atoms with Gasteiger partial charge in [0.1, 0.15) is 10.4 Å². The summed E-state index contributed by atoms with van der Waals surface area (Å²) in [7, 11) is -3.77. The molecule has 0 radical (unpaired) electrons. The Labute approximate surface area is 77.8 Å². The Kier molecular flexibility index (Phi) is 1.09. The van der Waals surface area contributed by atoms with Crippen LogP contribution in [0.2, 0.25) is 0 Å². The second-order valence-corrected chi connectivity index (χ2v) is 4.63. The molecule has 1 aliphatic rings. The molecule has 0 amide bonds. The highest BCUT2D eigenvalue weighted by Gasteiger charge is 2.32. The van der Waals surface area contributed by atoms with E-state index < -0.39 is 15.6 Å². The van der Waals surface area contributed by atoms with Gasteiger partial charge in [-0.05, 0) is 17.3 Å². The third-order valence-corrected chi connectivity index (χ3v) is 3.72. The van der Waals surface area contributed by atoms with Crippen LogP contribution in [0.3, 0.4) is 0 Å². The lowest BCUT2D eigenvalue weighted by Crippen LogP contribution is -2.23. The Bertz CT molecular complexity index is 717. The van der Waals surface area contributed by atoms with E-state index in [4.69, 9.17) is 0 Å². The van der Waals surface area contributed by atoms with Gasteiger partial charge in [0.25, 0.3) is 15.6 Å². The SMILES string of the molecule is O=c1c2c3cccc2nnn1S3(=O)=O. The van der Waals surface area contributed by atoms with Gasteiger partial charge in [0.2, 0.25) is 0 Å². The summed E-state index contributed by atoms with van der Waals surface area (Å²) in [6, 6.07) is 4.47. The second kappa shape index (κ2) is 2.01. The van der Waals surface area contributed by atoms with E-state index in [0.717, 1.165) is 0 Å². The van der Waals surface area contributed by atoms with Crippen molar-refractivity contribution in [3.05, 3.63) is 28.6 Å². The van der Waals surface area contributed by atoms with E-state index in [9.17, 15) is 13.2 Å². The molecule has 2 heterocycles. The molecule has 1 aliphatic heterocycles. The Hall–Kier alpha value is -1.76. The van der Waals surface area contributed by atoms with E-state index in [0.29, 0.717) is 9.60 Å². The Morgan fingerprint density at radius 1 is 1.29 bits per heavy atom. The van der Waals surface area contributed by atoms with E-state index in [-0.39, 0.29) is 10.3 Å². The van der Waals surface area contributed by atoms with Crippen LogP contribution in [0, 0.1) is 0 Å². The van der Waals surface area contributed by atoms with Crippen molar-refractivity contribution in [1.29, 1.82) is 0 Å². The fourth-order valence-electron chi connectivity index (χ4n) is 1.51. The first-order valence-electron chi connectivity index (χ1n) is 3.77. The first-order valence-corrected chi connectivity index (χ1v) is 5.21. The lowest BCUT2D eigenvalue weighted by atomic mass is 10.2. The first-order chi connectivity index (χ1) is 6.62. The minimum absolute atomic E-state index is 0.00926. The average molecular weight is 209 g/mol. The lowest BCUT2D eigenvalue weighted by Gasteiger charge is -1.92. The second-order valence-electron chi connectivity index (χ2n) is 2.89. The molecule has 0 fully saturated rings. The quantitative estimate of drug-likeness (QED) is 0.491. The van der Waals surface area contributed by atoms with Gasteiger partial charge in [-0.1, -0.05) is 10.2 Å². The fraction of sp³-hybridized carbons (Fsp3) is 0. The van der Waals surface area contributed by atoms with Gasteiger partial charge in [-0.15, -0.1) is 5.10 Å². The van der Waals surface area contributed by atoms with Gasteiger partial charge < -0.3 is 0 Å². The summed E-state index contributed by atoms with van der Waals surface area (Å²) in [5.74, 6) is 0. The third kappa shape index (κ3) is 0.630. The molecule has 0 saturated heterocycles. The zero-order valence-electron chi connectivity index (χ0n) is 6.71. The molecule has 0 saturated carbocycles. The standard InChI is InChI=1S/C7H3N3O3S/c11-7-6-4-2-1-3-5(6)14(12,13)10(7)9-8-4/h1-3H. The van der Waals surface area contributed by atoms with Crippen molar-refractivity contribution in [3.63, 3.8) is 0 Å². The van der Waals surface area contributed by atoms with Gasteiger partial charge in [0, 0.05) is 0 Å². The summed E-state index contributed by atoms with van der Waals surface area (Å²) in [4.78, 5) is 11.5. The summed E-state index contributed by atoms with van der Waals surface area (Å²) in [6.07, 6.45) is 0. The number of nitrogens with zero attached hydrogens (tertiary/aromatic N) is 3. The van der Waals surface area contributed by atoms with Crippen LogP contribution in [0.15, 0.2) is 27.9 Å². The Morgan fingerprint density at radius 2 is 2.07 bits per heavy atom. The fourth-order valence-corrected chi connectivity index (χ4v) is 2.84. The molecule has 0 spiro atoms. The minimum atomic E-state index is -3.77. The highest BCUT2D eigenvalue weighted by Crippen LogP contribution is 2.23. The van der Waals surface area contributed by atoms with Crippen molar-refractivity contribution in [3.8, 4) is 0 Å². The van der Waals surface area contributed by atoms with Crippen molar-refractivity contribution in [2.45, 2.75) is 4.90 Å². The van der Waals surface area contributed by atoms with Crippen LogP contribution in [0.4, 0.5) is 0 Å². The van der Waals surface area contributed by atoms with Crippen molar-refractivity contribution in [1.82, 2.24) is 14.4 Å². The molecule has 3 rings (SSSR count). The molecule has 0 unspecified atom stereocenters. The van der Waals surface area contributed by atoms with E-state index in [1.54, 1.807) is 6.07 Å². The summed E-state index contributed by atoms with van der Waals surface area (Å²) in [5.41, 5.74) is -0.310. The largest absolute Gasteiger partial charge is 0.293 e. The van der Waals surface area contributed by atoms with Gasteiger partial charge in [0.15, 0.2) is 0 Å². The van der Waals surface area contributed by atoms with Gasteiger partial charge in [0.05, 0.1) is 5.39 Å². The maximum Gasteiger partial charge on any atom is 0.293 e. The predicted octanol–water partition coefficient (Wildman–Crippen LogP) is -0.658. The van der Waals surface area contributed by atoms with Crippen molar-refractivity contribution >= 4 is 20.9 Å². The van der Waals surface area contributed by atoms with Crippen LogP contribution in [-0.4, -0.2) is 22.8 Å². The molecule has 0 atom stereocenters. The van der Waals surface area contributed by atoms with Crippen molar-refractivity contribution < 1.29 is 8.42 Å². The molecule has 6 nitrogen and oxygen atoms in total. The molecule has 0 N–H and O–H groups in total. The highest BCUT2D eigenvalue weighted by atomic mass is 32.2. The summed E-state index contributed by atoms with van der Waals surface area (Å²) >= 11 is 0. The monoisotopic (exact) mass is 209 g/mol. The van der Waals surface area contributed by atoms with Gasteiger partial charge >= 0.3 is 0 Å². The first kappa shape index (κ1) is 7.63. The number of fused-ring (bicyclic) bond motifs is 1. The predicted molar refractivity (Wildman–Crippen MR) is 46.4 cm³/mol. The Morgan fingerprint density at radius 3 is 2.86 bits per heavy atom. The number of hydrogen-bond donors (Lipinski definition) is 0. The third-order valence-electron chi connectivity index (χ3n) is 2.13. The normalized spacial score (nSPS) is 16.6. The maximum absolute atomic E-state index is 11.6. The van der Waals surface area contributed by atoms with Crippen LogP contribution in [0.1, 0.15) is 0 Å². The molecule has 1 aromatic carbocycles. The van der Waals surface area contributed by atoms with Crippen LogP contribution in [0.5, 0.6) is 0 Å². The minimum Gasteiger partial charge on any atom is -0.266 e. The van der Waals surface area contributed by atoms with Crippen LogP contribution < -0.4 is 5.56 Å². The lowest BCUT2D eigenvalue weighted by molar-refractivity contribution is 0.577. The van der Waals surface area contributed by atoms with Crippen LogP contribution >= 0.6 is 0 Å². The molecule has 2 aromatic rings. The maximum atomic E-state index is 11.6. The topological polar surface area (TPSA) is 81.9 Å². The Balaban J connectivity index is 2.84. The van der Waals surface area contributed by atoms with E-state index >= 15 is 0 Å². The zero-order chi connectivity index (χ0) is 9.92. The van der Waals surface area contributed by atoms with Gasteiger partial charge in [-0.2, -0.15) is 8.42 Å². The van der Waals surface area contributed by atoms with Crippen LogP contribution in [-0.2, 0) is 10.0 Å². The summed E-state index contributed by atoms with van der Waals surface area (Å²) < 4.78 is 23.6. The number of hydrogen-bond acceptors (Lipinski definition) is 5. The van der Waals surface area contributed by atoms with Crippen LogP contribution in [0.25, 0.3) is 10.9 Å². The molecule has 2 bridgehead atoms. The molecule has 0 aliphatic carbocycles. The van der Waals surface area contributed by atoms with E-state index in [1.165, 1.54) is 12.1 Å². The summed E-state index contributed by atoms with van der Waals surface area (Å²) in [5, 5.41) is 7.09. The smallest absolute Gasteiger partial charge is 0.266 e. The molecule has 7 heteroatoms. The molecule has 1 aromatic heterocycles. The molecule has 14 heavy (non-hydrogen) atoms. The van der Waals surface area contributed by atoms with E-state index in [2.05, 4.69) is 10.3 Å². The number of benzene rings is 1. The van der Waals surface area contributed by atoms with Crippen molar-refractivity contribution in [2.75, 3.05) is 0 Å². The zero-order valence-corrected chi connectivity index (χ0v) is 7.52. The molecule has 70 valence electrons. The van der Waals surface area contributed by atoms with Gasteiger partial charge in [-0.25, -0.2) is 0 Å². The van der Waals surface area contributed by atoms with Crippen molar-refractivity contribution in [2.24, 2.45) is 0 Å². The highest BCUT2D eigenvalue weighted by molar-refractivity contribution is 7.90. The molecular weight excluding hydrogens is 206 g/mol. The summed E-state index contributed by atoms with van der Waals surface area (Å²) in [6.45, 7) is 0. The average Bonchev–Trinajstić information content (AvgIpc) is 2.31. The molecular formula is C7H3N3O3S.